The highest BCUT2D eigenvalue weighted by atomic mass is 16.5. The first-order chi connectivity index (χ1) is 13.2. The van der Waals surface area contributed by atoms with E-state index in [1.165, 1.54) is 0 Å². The molecule has 0 N–H and O–H groups in total. The number of amides is 2. The standard InChI is InChI=1S/C21H24N2O4/c1-26-19-11-6-5-10-18(19)21(25)23-13-7-12-22(14-15-23)20(24)16-27-17-8-3-2-4-9-17/h2-6,8-11H,7,12-16H2,1H3. The van der Waals surface area contributed by atoms with Gasteiger partial charge in [-0.1, -0.05) is 30.3 Å². The van der Waals surface area contributed by atoms with Gasteiger partial charge < -0.3 is 19.3 Å². The van der Waals surface area contributed by atoms with Gasteiger partial charge in [0.05, 0.1) is 12.7 Å². The quantitative estimate of drug-likeness (QED) is 0.813. The number of hydrogen-bond acceptors (Lipinski definition) is 4. The van der Waals surface area contributed by atoms with Crippen molar-refractivity contribution in [3.63, 3.8) is 0 Å². The molecule has 1 aliphatic heterocycles. The van der Waals surface area contributed by atoms with E-state index in [9.17, 15) is 9.59 Å². The van der Waals surface area contributed by atoms with Crippen molar-refractivity contribution in [2.75, 3.05) is 39.9 Å². The van der Waals surface area contributed by atoms with E-state index in [1.54, 1.807) is 29.0 Å². The maximum Gasteiger partial charge on any atom is 0.260 e. The van der Waals surface area contributed by atoms with Crippen LogP contribution in [-0.2, 0) is 4.79 Å². The number of carbonyl (C=O) groups is 2. The summed E-state index contributed by atoms with van der Waals surface area (Å²) in [6, 6.07) is 16.5. The Labute approximate surface area is 159 Å². The Morgan fingerprint density at radius 2 is 1.56 bits per heavy atom. The monoisotopic (exact) mass is 368 g/mol. The molecule has 1 fully saturated rings. The van der Waals surface area contributed by atoms with E-state index in [1.807, 2.05) is 42.5 Å². The van der Waals surface area contributed by atoms with Gasteiger partial charge in [0.1, 0.15) is 11.5 Å². The Morgan fingerprint density at radius 3 is 2.33 bits per heavy atom. The average Bonchev–Trinajstić information content (AvgIpc) is 2.98. The van der Waals surface area contributed by atoms with Gasteiger partial charge in [-0.2, -0.15) is 0 Å². The molecular formula is C21H24N2O4. The van der Waals surface area contributed by atoms with E-state index < -0.39 is 0 Å². The molecule has 1 saturated heterocycles. The van der Waals surface area contributed by atoms with Crippen molar-refractivity contribution >= 4 is 11.8 Å². The van der Waals surface area contributed by atoms with Crippen LogP contribution in [0.2, 0.25) is 0 Å². The third-order valence-corrected chi connectivity index (χ3v) is 4.58. The zero-order valence-electron chi connectivity index (χ0n) is 15.5. The number of para-hydroxylation sites is 2. The third-order valence-electron chi connectivity index (χ3n) is 4.58. The molecule has 0 atom stereocenters. The Morgan fingerprint density at radius 1 is 0.889 bits per heavy atom. The van der Waals surface area contributed by atoms with Gasteiger partial charge in [-0.3, -0.25) is 9.59 Å². The fourth-order valence-electron chi connectivity index (χ4n) is 3.11. The predicted octanol–water partition coefficient (Wildman–Crippen LogP) is 2.45. The zero-order valence-corrected chi connectivity index (χ0v) is 15.5. The number of benzene rings is 2. The van der Waals surface area contributed by atoms with E-state index in [4.69, 9.17) is 9.47 Å². The summed E-state index contributed by atoms with van der Waals surface area (Å²) in [7, 11) is 1.56. The van der Waals surface area contributed by atoms with Gasteiger partial charge in [0, 0.05) is 26.2 Å². The van der Waals surface area contributed by atoms with Gasteiger partial charge in [-0.15, -0.1) is 0 Å². The summed E-state index contributed by atoms with van der Waals surface area (Å²) in [5.74, 6) is 1.11. The zero-order chi connectivity index (χ0) is 19.1. The molecule has 27 heavy (non-hydrogen) atoms. The van der Waals surface area contributed by atoms with Crippen LogP contribution in [0.3, 0.4) is 0 Å². The maximum atomic E-state index is 12.8. The lowest BCUT2D eigenvalue weighted by Gasteiger charge is -2.23. The lowest BCUT2D eigenvalue weighted by molar-refractivity contribution is -0.133. The Hall–Kier alpha value is -3.02. The molecule has 1 aliphatic rings. The lowest BCUT2D eigenvalue weighted by atomic mass is 10.1. The Balaban J connectivity index is 1.56. The van der Waals surface area contributed by atoms with Gasteiger partial charge in [0.25, 0.3) is 11.8 Å². The second-order valence-electron chi connectivity index (χ2n) is 6.33. The highest BCUT2D eigenvalue weighted by Crippen LogP contribution is 2.20. The van der Waals surface area contributed by atoms with Gasteiger partial charge in [-0.05, 0) is 30.7 Å². The second-order valence-corrected chi connectivity index (χ2v) is 6.33. The van der Waals surface area contributed by atoms with Crippen molar-refractivity contribution in [1.82, 2.24) is 9.80 Å². The van der Waals surface area contributed by atoms with Crippen LogP contribution >= 0.6 is 0 Å². The number of rotatable bonds is 5. The molecule has 0 radical (unpaired) electrons. The summed E-state index contributed by atoms with van der Waals surface area (Å²) in [5.41, 5.74) is 0.548. The summed E-state index contributed by atoms with van der Waals surface area (Å²) in [5, 5.41) is 0. The second kappa shape index (κ2) is 9.07. The topological polar surface area (TPSA) is 59.1 Å². The van der Waals surface area contributed by atoms with Crippen LogP contribution in [0.15, 0.2) is 54.6 Å². The molecule has 2 aromatic carbocycles. The SMILES string of the molecule is COc1ccccc1C(=O)N1CCCN(C(=O)COc2ccccc2)CC1. The normalized spacial score (nSPS) is 14.4. The van der Waals surface area contributed by atoms with Crippen molar-refractivity contribution in [2.24, 2.45) is 0 Å². The highest BCUT2D eigenvalue weighted by Gasteiger charge is 2.24. The van der Waals surface area contributed by atoms with E-state index in [-0.39, 0.29) is 18.4 Å². The minimum absolute atomic E-state index is 0.00443. The van der Waals surface area contributed by atoms with Crippen molar-refractivity contribution in [3.05, 3.63) is 60.2 Å². The first-order valence-electron chi connectivity index (χ1n) is 9.07. The molecular weight excluding hydrogens is 344 g/mol. The van der Waals surface area contributed by atoms with Gasteiger partial charge in [0.2, 0.25) is 0 Å². The van der Waals surface area contributed by atoms with Crippen LogP contribution in [-0.4, -0.2) is 61.5 Å². The fraction of sp³-hybridized carbons (Fsp3) is 0.333. The minimum Gasteiger partial charge on any atom is -0.496 e. The molecule has 2 amide bonds. The van der Waals surface area contributed by atoms with Crippen LogP contribution in [0.1, 0.15) is 16.8 Å². The minimum atomic E-state index is -0.0673. The van der Waals surface area contributed by atoms with Crippen LogP contribution in [0.5, 0.6) is 11.5 Å². The molecule has 0 aliphatic carbocycles. The highest BCUT2D eigenvalue weighted by molar-refractivity contribution is 5.97. The van der Waals surface area contributed by atoms with Gasteiger partial charge in [-0.25, -0.2) is 0 Å². The smallest absolute Gasteiger partial charge is 0.260 e. The molecule has 2 aromatic rings. The van der Waals surface area contributed by atoms with Gasteiger partial charge in [0.15, 0.2) is 6.61 Å². The summed E-state index contributed by atoms with van der Waals surface area (Å²) in [4.78, 5) is 28.8. The Kier molecular flexibility index (Phi) is 6.30. The Bertz CT molecular complexity index is 779. The summed E-state index contributed by atoms with van der Waals surface area (Å²) < 4.78 is 10.8. The van der Waals surface area contributed by atoms with Crippen molar-refractivity contribution in [2.45, 2.75) is 6.42 Å². The van der Waals surface area contributed by atoms with E-state index in [2.05, 4.69) is 0 Å². The summed E-state index contributed by atoms with van der Waals surface area (Å²) in [6.07, 6.45) is 0.734. The number of nitrogens with zero attached hydrogens (tertiary/aromatic N) is 2. The fourth-order valence-corrected chi connectivity index (χ4v) is 3.11. The molecule has 3 rings (SSSR count). The third kappa shape index (κ3) is 4.78. The van der Waals surface area contributed by atoms with Crippen molar-refractivity contribution in [3.8, 4) is 11.5 Å². The first kappa shape index (κ1) is 18.8. The number of ether oxygens (including phenoxy) is 2. The number of carbonyl (C=O) groups excluding carboxylic acids is 2. The van der Waals surface area contributed by atoms with Crippen molar-refractivity contribution < 1.29 is 19.1 Å². The van der Waals surface area contributed by atoms with Crippen LogP contribution < -0.4 is 9.47 Å². The molecule has 0 aromatic heterocycles. The largest absolute Gasteiger partial charge is 0.496 e. The number of methoxy groups -OCH3 is 1. The van der Waals surface area contributed by atoms with Crippen molar-refractivity contribution in [1.29, 1.82) is 0 Å². The summed E-state index contributed by atoms with van der Waals surface area (Å²) in [6.45, 7) is 2.23. The molecule has 1 heterocycles. The molecule has 0 spiro atoms. The average molecular weight is 368 g/mol. The summed E-state index contributed by atoms with van der Waals surface area (Å²) >= 11 is 0. The molecule has 0 bridgehead atoms. The van der Waals surface area contributed by atoms with Crippen LogP contribution in [0.25, 0.3) is 0 Å². The van der Waals surface area contributed by atoms with E-state index >= 15 is 0 Å². The maximum absolute atomic E-state index is 12.8. The first-order valence-corrected chi connectivity index (χ1v) is 9.07. The van der Waals surface area contributed by atoms with E-state index in [0.29, 0.717) is 43.2 Å². The molecule has 6 heteroatoms. The predicted molar refractivity (Wildman–Crippen MR) is 102 cm³/mol. The van der Waals surface area contributed by atoms with Gasteiger partial charge >= 0.3 is 0 Å². The molecule has 0 saturated carbocycles. The molecule has 0 unspecified atom stereocenters. The lowest BCUT2D eigenvalue weighted by Crippen LogP contribution is -2.39. The van der Waals surface area contributed by atoms with Crippen LogP contribution in [0.4, 0.5) is 0 Å². The molecule has 6 nitrogen and oxygen atoms in total. The van der Waals surface area contributed by atoms with E-state index in [0.717, 1.165) is 6.42 Å². The van der Waals surface area contributed by atoms with Crippen LogP contribution in [0, 0.1) is 0 Å². The molecule has 142 valence electrons. The number of hydrogen-bond donors (Lipinski definition) is 0.